The second-order valence-corrected chi connectivity index (χ2v) is 6.81. The maximum absolute atomic E-state index is 12.5. The molecule has 0 aliphatic heterocycles. The lowest BCUT2D eigenvalue weighted by molar-refractivity contribution is 0.0997. The van der Waals surface area contributed by atoms with Crippen molar-refractivity contribution < 1.29 is 4.79 Å². The van der Waals surface area contributed by atoms with Crippen LogP contribution in [0.2, 0.25) is 0 Å². The number of nitrogens with zero attached hydrogens (tertiary/aromatic N) is 3. The Labute approximate surface area is 152 Å². The zero-order valence-corrected chi connectivity index (χ0v) is 14.7. The number of rotatable bonds is 4. The SMILES string of the molecule is Cc1ccsc1-c1nc(C(N)=O)c2[nH]c(=O)n(Cc3ccccc3)c2n1. The number of aromatic nitrogens is 4. The number of amides is 1. The summed E-state index contributed by atoms with van der Waals surface area (Å²) in [6.07, 6.45) is 0. The number of nitrogens with one attached hydrogen (secondary N) is 1. The van der Waals surface area contributed by atoms with Crippen LogP contribution in [-0.4, -0.2) is 25.4 Å². The zero-order chi connectivity index (χ0) is 18.3. The fourth-order valence-electron chi connectivity index (χ4n) is 2.82. The standard InChI is InChI=1S/C18H15N5O2S/c1-10-7-8-26-14(10)16-20-12(15(19)24)13-17(22-16)23(18(25)21-13)9-11-5-3-2-4-6-11/h2-8H,9H2,1H3,(H2,19,24)(H,21,25). The Bertz CT molecular complexity index is 1170. The molecular formula is C18H15N5O2S. The first-order chi connectivity index (χ1) is 12.5. The molecule has 0 aliphatic carbocycles. The molecule has 3 heterocycles. The van der Waals surface area contributed by atoms with Crippen LogP contribution in [0.3, 0.4) is 0 Å². The van der Waals surface area contributed by atoms with Crippen molar-refractivity contribution in [2.45, 2.75) is 13.5 Å². The van der Waals surface area contributed by atoms with Crippen LogP contribution in [0.1, 0.15) is 21.6 Å². The van der Waals surface area contributed by atoms with Gasteiger partial charge in [0.25, 0.3) is 5.91 Å². The van der Waals surface area contributed by atoms with Crippen molar-refractivity contribution in [1.82, 2.24) is 19.5 Å². The normalized spacial score (nSPS) is 11.1. The molecule has 4 rings (SSSR count). The number of benzene rings is 1. The van der Waals surface area contributed by atoms with Crippen LogP contribution in [0, 0.1) is 6.92 Å². The van der Waals surface area contributed by atoms with Gasteiger partial charge in [-0.05, 0) is 29.5 Å². The molecule has 7 nitrogen and oxygen atoms in total. The Morgan fingerprint density at radius 1 is 1.23 bits per heavy atom. The van der Waals surface area contributed by atoms with Gasteiger partial charge in [-0.15, -0.1) is 11.3 Å². The number of carbonyl (C=O) groups excluding carboxylic acids is 1. The number of nitrogens with two attached hydrogens (primary N) is 1. The summed E-state index contributed by atoms with van der Waals surface area (Å²) in [4.78, 5) is 36.8. The molecule has 0 bridgehead atoms. The zero-order valence-electron chi connectivity index (χ0n) is 13.9. The lowest BCUT2D eigenvalue weighted by Crippen LogP contribution is -2.17. The Balaban J connectivity index is 1.97. The number of hydrogen-bond acceptors (Lipinski definition) is 5. The van der Waals surface area contributed by atoms with Crippen LogP contribution < -0.4 is 11.4 Å². The average molecular weight is 365 g/mol. The van der Waals surface area contributed by atoms with Crippen molar-refractivity contribution in [3.05, 3.63) is 69.1 Å². The predicted octanol–water partition coefficient (Wildman–Crippen LogP) is 2.30. The quantitative estimate of drug-likeness (QED) is 0.579. The summed E-state index contributed by atoms with van der Waals surface area (Å²) in [5.41, 5.74) is 7.72. The monoisotopic (exact) mass is 365 g/mol. The van der Waals surface area contributed by atoms with Gasteiger partial charge in [-0.3, -0.25) is 9.36 Å². The summed E-state index contributed by atoms with van der Waals surface area (Å²) in [7, 11) is 0. The number of aromatic amines is 1. The van der Waals surface area contributed by atoms with Crippen LogP contribution in [0.4, 0.5) is 0 Å². The van der Waals surface area contributed by atoms with E-state index in [1.54, 1.807) is 0 Å². The molecule has 1 amide bonds. The highest BCUT2D eigenvalue weighted by atomic mass is 32.1. The third kappa shape index (κ3) is 2.70. The third-order valence-electron chi connectivity index (χ3n) is 4.10. The molecule has 0 radical (unpaired) electrons. The highest BCUT2D eigenvalue weighted by molar-refractivity contribution is 7.13. The number of primary amides is 1. The van der Waals surface area contributed by atoms with Gasteiger partial charge in [-0.25, -0.2) is 14.8 Å². The van der Waals surface area contributed by atoms with Crippen LogP contribution in [0.25, 0.3) is 21.9 Å². The predicted molar refractivity (Wildman–Crippen MR) is 100 cm³/mol. The van der Waals surface area contributed by atoms with Crippen LogP contribution >= 0.6 is 11.3 Å². The van der Waals surface area contributed by atoms with Gasteiger partial charge in [0.2, 0.25) is 0 Å². The number of H-pyrrole nitrogens is 1. The molecule has 0 spiro atoms. The minimum Gasteiger partial charge on any atom is -0.364 e. The first-order valence-electron chi connectivity index (χ1n) is 7.93. The maximum atomic E-state index is 12.5. The van der Waals surface area contributed by atoms with Crippen molar-refractivity contribution in [3.63, 3.8) is 0 Å². The summed E-state index contributed by atoms with van der Waals surface area (Å²) in [5.74, 6) is -0.319. The van der Waals surface area contributed by atoms with Gasteiger partial charge < -0.3 is 10.7 Å². The van der Waals surface area contributed by atoms with E-state index in [4.69, 9.17) is 5.73 Å². The number of thiophene rings is 1. The maximum Gasteiger partial charge on any atom is 0.328 e. The molecule has 0 saturated carbocycles. The summed E-state index contributed by atoms with van der Waals surface area (Å²) in [6, 6.07) is 11.5. The average Bonchev–Trinajstić information content (AvgIpc) is 3.18. The number of imidazole rings is 1. The number of carbonyl (C=O) groups is 1. The minimum atomic E-state index is -0.707. The largest absolute Gasteiger partial charge is 0.364 e. The van der Waals surface area contributed by atoms with Gasteiger partial charge in [0.1, 0.15) is 5.52 Å². The molecule has 26 heavy (non-hydrogen) atoms. The van der Waals surface area contributed by atoms with E-state index in [-0.39, 0.29) is 16.9 Å². The van der Waals surface area contributed by atoms with Gasteiger partial charge in [-0.2, -0.15) is 0 Å². The first-order valence-corrected chi connectivity index (χ1v) is 8.81. The molecule has 0 aliphatic rings. The van der Waals surface area contributed by atoms with E-state index < -0.39 is 5.91 Å². The molecule has 8 heteroatoms. The lowest BCUT2D eigenvalue weighted by atomic mass is 10.2. The molecule has 0 saturated heterocycles. The molecule has 0 atom stereocenters. The molecule has 4 aromatic rings. The van der Waals surface area contributed by atoms with E-state index in [2.05, 4.69) is 15.0 Å². The smallest absolute Gasteiger partial charge is 0.328 e. The Morgan fingerprint density at radius 3 is 2.65 bits per heavy atom. The van der Waals surface area contributed by atoms with Gasteiger partial charge >= 0.3 is 5.69 Å². The first kappa shape index (κ1) is 16.2. The van der Waals surface area contributed by atoms with E-state index in [0.29, 0.717) is 18.0 Å². The Kier molecular flexibility index (Phi) is 3.89. The minimum absolute atomic E-state index is 0.0155. The number of aryl methyl sites for hydroxylation is 1. The fraction of sp³-hybridized carbons (Fsp3) is 0.111. The highest BCUT2D eigenvalue weighted by Gasteiger charge is 2.20. The molecule has 3 aromatic heterocycles. The van der Waals surface area contributed by atoms with Gasteiger partial charge in [-0.1, -0.05) is 30.3 Å². The second kappa shape index (κ2) is 6.23. The summed E-state index contributed by atoms with van der Waals surface area (Å²) < 4.78 is 1.49. The molecule has 0 unspecified atom stereocenters. The molecular weight excluding hydrogens is 350 g/mol. The number of fused-ring (bicyclic) bond motifs is 1. The van der Waals surface area contributed by atoms with E-state index in [9.17, 15) is 9.59 Å². The van der Waals surface area contributed by atoms with Crippen molar-refractivity contribution in [2.75, 3.05) is 0 Å². The van der Waals surface area contributed by atoms with Crippen LogP contribution in [0.5, 0.6) is 0 Å². The second-order valence-electron chi connectivity index (χ2n) is 5.89. The molecule has 3 N–H and O–H groups in total. The van der Waals surface area contributed by atoms with Gasteiger partial charge in [0.15, 0.2) is 17.2 Å². The lowest BCUT2D eigenvalue weighted by Gasteiger charge is -2.06. The van der Waals surface area contributed by atoms with Crippen molar-refractivity contribution in [1.29, 1.82) is 0 Å². The van der Waals surface area contributed by atoms with Crippen molar-refractivity contribution >= 4 is 28.4 Å². The topological polar surface area (TPSA) is 107 Å². The van der Waals surface area contributed by atoms with E-state index in [0.717, 1.165) is 16.0 Å². The van der Waals surface area contributed by atoms with E-state index in [1.807, 2.05) is 48.7 Å². The summed E-state index contributed by atoms with van der Waals surface area (Å²) in [6.45, 7) is 2.27. The highest BCUT2D eigenvalue weighted by Crippen LogP contribution is 2.28. The van der Waals surface area contributed by atoms with Crippen molar-refractivity contribution in [3.8, 4) is 10.7 Å². The van der Waals surface area contributed by atoms with Crippen LogP contribution in [-0.2, 0) is 6.54 Å². The molecule has 0 fully saturated rings. The van der Waals surface area contributed by atoms with E-state index >= 15 is 0 Å². The fourth-order valence-corrected chi connectivity index (χ4v) is 3.68. The third-order valence-corrected chi connectivity index (χ3v) is 5.12. The van der Waals surface area contributed by atoms with Crippen molar-refractivity contribution in [2.24, 2.45) is 5.73 Å². The Morgan fingerprint density at radius 2 is 2.00 bits per heavy atom. The molecule has 1 aromatic carbocycles. The summed E-state index contributed by atoms with van der Waals surface area (Å²) >= 11 is 1.47. The molecule has 130 valence electrons. The van der Waals surface area contributed by atoms with E-state index in [1.165, 1.54) is 15.9 Å². The summed E-state index contributed by atoms with van der Waals surface area (Å²) in [5, 5.41) is 1.93. The van der Waals surface area contributed by atoms with Crippen LogP contribution in [0.15, 0.2) is 46.6 Å². The van der Waals surface area contributed by atoms with Gasteiger partial charge in [0.05, 0.1) is 11.4 Å². The number of hydrogen-bond donors (Lipinski definition) is 2. The van der Waals surface area contributed by atoms with Gasteiger partial charge in [0, 0.05) is 0 Å². The Hall–Kier alpha value is -3.26.